The van der Waals surface area contributed by atoms with Gasteiger partial charge in [0.25, 0.3) is 6.01 Å². The largest absolute Gasteiger partial charge is 0.432 e. The standard InChI is InChI=1S/C12H21N3O2/c1-3-11-9-16-6-5-15(11)12-14-10(8-17-12)7-13-4-2/h8,11,13H,3-7,9H2,1-2H3. The third-order valence-corrected chi connectivity index (χ3v) is 3.04. The van der Waals surface area contributed by atoms with Crippen molar-refractivity contribution in [3.05, 3.63) is 12.0 Å². The van der Waals surface area contributed by atoms with E-state index in [0.717, 1.165) is 51.0 Å². The molecule has 0 saturated carbocycles. The number of nitrogens with one attached hydrogen (secondary N) is 1. The average Bonchev–Trinajstić information content (AvgIpc) is 2.85. The first kappa shape index (κ1) is 12.4. The van der Waals surface area contributed by atoms with E-state index in [2.05, 4.69) is 29.0 Å². The van der Waals surface area contributed by atoms with Gasteiger partial charge in [-0.15, -0.1) is 0 Å². The molecule has 1 aliphatic rings. The molecule has 96 valence electrons. The molecular weight excluding hydrogens is 218 g/mol. The minimum Gasteiger partial charge on any atom is -0.432 e. The highest BCUT2D eigenvalue weighted by Crippen LogP contribution is 2.20. The number of hydrogen-bond acceptors (Lipinski definition) is 5. The zero-order valence-corrected chi connectivity index (χ0v) is 10.6. The lowest BCUT2D eigenvalue weighted by atomic mass is 10.2. The van der Waals surface area contributed by atoms with Crippen LogP contribution in [0.2, 0.25) is 0 Å². The molecule has 1 N–H and O–H groups in total. The number of nitrogens with zero attached hydrogens (tertiary/aromatic N) is 2. The summed E-state index contributed by atoms with van der Waals surface area (Å²) < 4.78 is 11.0. The summed E-state index contributed by atoms with van der Waals surface area (Å²) in [5.41, 5.74) is 0.961. The van der Waals surface area contributed by atoms with Gasteiger partial charge < -0.3 is 19.4 Å². The molecule has 2 rings (SSSR count). The number of oxazole rings is 1. The smallest absolute Gasteiger partial charge is 0.297 e. The molecule has 17 heavy (non-hydrogen) atoms. The Labute approximate surface area is 102 Å². The van der Waals surface area contributed by atoms with E-state index in [4.69, 9.17) is 9.15 Å². The van der Waals surface area contributed by atoms with E-state index in [1.165, 1.54) is 0 Å². The van der Waals surface area contributed by atoms with Crippen LogP contribution in [-0.4, -0.2) is 37.3 Å². The molecule has 1 unspecified atom stereocenters. The van der Waals surface area contributed by atoms with Crippen molar-refractivity contribution in [1.82, 2.24) is 10.3 Å². The normalized spacial score (nSPS) is 20.8. The molecule has 1 aromatic rings. The summed E-state index contributed by atoms with van der Waals surface area (Å²) in [6.07, 6.45) is 2.78. The van der Waals surface area contributed by atoms with Crippen LogP contribution in [-0.2, 0) is 11.3 Å². The third-order valence-electron chi connectivity index (χ3n) is 3.04. The van der Waals surface area contributed by atoms with Crippen LogP contribution < -0.4 is 10.2 Å². The number of morpholine rings is 1. The second kappa shape index (κ2) is 6.02. The Balaban J connectivity index is 2.02. The monoisotopic (exact) mass is 239 g/mol. The van der Waals surface area contributed by atoms with E-state index >= 15 is 0 Å². The molecule has 1 aromatic heterocycles. The lowest BCUT2D eigenvalue weighted by Crippen LogP contribution is -2.45. The molecule has 0 aliphatic carbocycles. The number of hydrogen-bond donors (Lipinski definition) is 1. The van der Waals surface area contributed by atoms with Crippen molar-refractivity contribution in [2.24, 2.45) is 0 Å². The molecule has 5 heteroatoms. The minimum absolute atomic E-state index is 0.384. The van der Waals surface area contributed by atoms with Gasteiger partial charge in [0.05, 0.1) is 24.9 Å². The molecule has 1 fully saturated rings. The molecule has 1 atom stereocenters. The Kier molecular flexibility index (Phi) is 4.39. The van der Waals surface area contributed by atoms with Crippen LogP contribution in [0, 0.1) is 0 Å². The van der Waals surface area contributed by atoms with Gasteiger partial charge in [-0.05, 0) is 13.0 Å². The van der Waals surface area contributed by atoms with E-state index in [9.17, 15) is 0 Å². The second-order valence-electron chi connectivity index (χ2n) is 4.23. The van der Waals surface area contributed by atoms with E-state index in [0.29, 0.717) is 6.04 Å². The molecule has 0 radical (unpaired) electrons. The summed E-state index contributed by atoms with van der Waals surface area (Å²) in [4.78, 5) is 6.72. The lowest BCUT2D eigenvalue weighted by Gasteiger charge is -2.33. The van der Waals surface area contributed by atoms with E-state index in [1.807, 2.05) is 0 Å². The fourth-order valence-corrected chi connectivity index (χ4v) is 2.01. The predicted molar refractivity (Wildman–Crippen MR) is 66.1 cm³/mol. The van der Waals surface area contributed by atoms with Crippen molar-refractivity contribution < 1.29 is 9.15 Å². The zero-order chi connectivity index (χ0) is 12.1. The van der Waals surface area contributed by atoms with Gasteiger partial charge in [0.15, 0.2) is 0 Å². The van der Waals surface area contributed by atoms with Crippen LogP contribution >= 0.6 is 0 Å². The van der Waals surface area contributed by atoms with Gasteiger partial charge in [0.1, 0.15) is 6.26 Å². The van der Waals surface area contributed by atoms with Crippen LogP contribution in [0.4, 0.5) is 6.01 Å². The highest BCUT2D eigenvalue weighted by molar-refractivity contribution is 5.29. The molecule has 0 bridgehead atoms. The van der Waals surface area contributed by atoms with Crippen molar-refractivity contribution in [1.29, 1.82) is 0 Å². The summed E-state index contributed by atoms with van der Waals surface area (Å²) >= 11 is 0. The zero-order valence-electron chi connectivity index (χ0n) is 10.6. The SMILES string of the molecule is CCNCc1coc(N2CCOCC2CC)n1. The Morgan fingerprint density at radius 2 is 2.41 bits per heavy atom. The minimum atomic E-state index is 0.384. The van der Waals surface area contributed by atoms with Crippen molar-refractivity contribution in [3.63, 3.8) is 0 Å². The highest BCUT2D eigenvalue weighted by atomic mass is 16.5. The molecule has 1 aliphatic heterocycles. The van der Waals surface area contributed by atoms with Gasteiger partial charge in [-0.1, -0.05) is 13.8 Å². The second-order valence-corrected chi connectivity index (χ2v) is 4.23. The number of rotatable bonds is 5. The predicted octanol–water partition coefficient (Wildman–Crippen LogP) is 1.40. The van der Waals surface area contributed by atoms with Crippen molar-refractivity contribution in [2.75, 3.05) is 31.2 Å². The van der Waals surface area contributed by atoms with E-state index < -0.39 is 0 Å². The van der Waals surface area contributed by atoms with Gasteiger partial charge in [-0.25, -0.2) is 0 Å². The molecule has 1 saturated heterocycles. The molecule has 0 spiro atoms. The first-order valence-electron chi connectivity index (χ1n) is 6.34. The van der Waals surface area contributed by atoms with Crippen LogP contribution in [0.25, 0.3) is 0 Å². The maximum Gasteiger partial charge on any atom is 0.297 e. The van der Waals surface area contributed by atoms with Crippen LogP contribution in [0.1, 0.15) is 26.0 Å². The number of ether oxygens (including phenoxy) is 1. The highest BCUT2D eigenvalue weighted by Gasteiger charge is 2.25. The third kappa shape index (κ3) is 2.98. The first-order chi connectivity index (χ1) is 8.35. The molecular formula is C12H21N3O2. The summed E-state index contributed by atoms with van der Waals surface area (Å²) in [6.45, 7) is 8.33. The summed E-state index contributed by atoms with van der Waals surface area (Å²) in [6, 6.07) is 1.11. The first-order valence-corrected chi connectivity index (χ1v) is 6.34. The Bertz CT molecular complexity index is 340. The Morgan fingerprint density at radius 3 is 3.18 bits per heavy atom. The molecule has 0 amide bonds. The molecule has 0 aromatic carbocycles. The maximum absolute atomic E-state index is 5.55. The average molecular weight is 239 g/mol. The van der Waals surface area contributed by atoms with E-state index in [1.54, 1.807) is 6.26 Å². The number of anilines is 1. The van der Waals surface area contributed by atoms with Crippen LogP contribution in [0.15, 0.2) is 10.7 Å². The summed E-state index contributed by atoms with van der Waals surface area (Å²) in [5, 5.41) is 3.24. The quantitative estimate of drug-likeness (QED) is 0.841. The van der Waals surface area contributed by atoms with E-state index in [-0.39, 0.29) is 0 Å². The van der Waals surface area contributed by atoms with Crippen LogP contribution in [0.3, 0.4) is 0 Å². The van der Waals surface area contributed by atoms with Crippen molar-refractivity contribution >= 4 is 6.01 Å². The summed E-state index contributed by atoms with van der Waals surface area (Å²) in [7, 11) is 0. The molecule has 5 nitrogen and oxygen atoms in total. The van der Waals surface area contributed by atoms with Gasteiger partial charge in [-0.2, -0.15) is 4.98 Å². The number of aromatic nitrogens is 1. The van der Waals surface area contributed by atoms with Gasteiger partial charge in [0.2, 0.25) is 0 Å². The van der Waals surface area contributed by atoms with Crippen molar-refractivity contribution in [3.8, 4) is 0 Å². The Hall–Kier alpha value is -1.07. The molecule has 2 heterocycles. The van der Waals surface area contributed by atoms with Gasteiger partial charge in [0, 0.05) is 13.1 Å². The van der Waals surface area contributed by atoms with Gasteiger partial charge >= 0.3 is 0 Å². The lowest BCUT2D eigenvalue weighted by molar-refractivity contribution is 0.0901. The van der Waals surface area contributed by atoms with Crippen molar-refractivity contribution in [2.45, 2.75) is 32.9 Å². The fraction of sp³-hybridized carbons (Fsp3) is 0.750. The summed E-state index contributed by atoms with van der Waals surface area (Å²) in [5.74, 6) is 0. The fourth-order valence-electron chi connectivity index (χ4n) is 2.01. The van der Waals surface area contributed by atoms with Gasteiger partial charge in [-0.3, -0.25) is 0 Å². The Morgan fingerprint density at radius 1 is 1.53 bits per heavy atom. The van der Waals surface area contributed by atoms with Crippen LogP contribution in [0.5, 0.6) is 0 Å². The maximum atomic E-state index is 5.55. The topological polar surface area (TPSA) is 50.5 Å².